The predicted octanol–water partition coefficient (Wildman–Crippen LogP) is 2.45. The second kappa shape index (κ2) is 3.70. The van der Waals surface area contributed by atoms with Crippen molar-refractivity contribution in [1.82, 2.24) is 4.90 Å². The molecule has 1 aliphatic rings. The van der Waals surface area contributed by atoms with Crippen molar-refractivity contribution in [2.24, 2.45) is 0 Å². The Labute approximate surface area is 90.1 Å². The third kappa shape index (κ3) is 1.82. The van der Waals surface area contributed by atoms with Crippen LogP contribution in [0.3, 0.4) is 0 Å². The molecule has 16 heavy (non-hydrogen) atoms. The summed E-state index contributed by atoms with van der Waals surface area (Å²) in [7, 11) is 0. The highest BCUT2D eigenvalue weighted by molar-refractivity contribution is 5.94. The molecular weight excluding hydrogens is 221 g/mol. The van der Waals surface area contributed by atoms with Gasteiger partial charge in [0.2, 0.25) is 0 Å². The van der Waals surface area contributed by atoms with Crippen molar-refractivity contribution < 1.29 is 18.0 Å². The van der Waals surface area contributed by atoms with Crippen molar-refractivity contribution in [3.05, 3.63) is 30.3 Å². The van der Waals surface area contributed by atoms with Gasteiger partial charge in [0.15, 0.2) is 0 Å². The summed E-state index contributed by atoms with van der Waals surface area (Å²) in [6, 6.07) is 7.30. The number of carbonyl (C=O) groups is 1. The van der Waals surface area contributed by atoms with E-state index in [-0.39, 0.29) is 18.0 Å². The Kier molecular flexibility index (Phi) is 2.49. The van der Waals surface area contributed by atoms with E-state index < -0.39 is 12.3 Å². The average molecular weight is 230 g/mol. The minimum Gasteiger partial charge on any atom is -0.292 e. The number of amides is 2. The van der Waals surface area contributed by atoms with Crippen LogP contribution in [0.4, 0.5) is 23.7 Å². The first kappa shape index (κ1) is 10.8. The van der Waals surface area contributed by atoms with Crippen LogP contribution in [-0.2, 0) is 0 Å². The molecule has 0 aliphatic carbocycles. The summed E-state index contributed by atoms with van der Waals surface area (Å²) in [5, 5.41) is 0. The summed E-state index contributed by atoms with van der Waals surface area (Å²) in [5.74, 6) is 0. The molecule has 0 spiro atoms. The Morgan fingerprint density at radius 1 is 1.06 bits per heavy atom. The van der Waals surface area contributed by atoms with Gasteiger partial charge in [0.25, 0.3) is 0 Å². The minimum atomic E-state index is -4.60. The van der Waals surface area contributed by atoms with Gasteiger partial charge in [-0.05, 0) is 12.1 Å². The number of rotatable bonds is 1. The SMILES string of the molecule is O=C1N(c2ccccc2)CCN1C(F)(F)F. The van der Waals surface area contributed by atoms with Crippen LogP contribution < -0.4 is 4.90 Å². The molecule has 6 heteroatoms. The van der Waals surface area contributed by atoms with E-state index in [2.05, 4.69) is 0 Å². The maximum absolute atomic E-state index is 12.4. The Bertz CT molecular complexity index is 391. The summed E-state index contributed by atoms with van der Waals surface area (Å²) >= 11 is 0. The molecule has 0 unspecified atom stereocenters. The van der Waals surface area contributed by atoms with Gasteiger partial charge >= 0.3 is 12.3 Å². The number of hydrogen-bond donors (Lipinski definition) is 0. The first-order valence-corrected chi connectivity index (χ1v) is 4.71. The molecule has 0 atom stereocenters. The maximum atomic E-state index is 12.4. The second-order valence-electron chi connectivity index (χ2n) is 3.39. The molecule has 0 radical (unpaired) electrons. The number of hydrogen-bond acceptors (Lipinski definition) is 1. The second-order valence-corrected chi connectivity index (χ2v) is 3.39. The molecule has 1 aromatic carbocycles. The molecule has 2 amide bonds. The van der Waals surface area contributed by atoms with Crippen LogP contribution in [0, 0.1) is 0 Å². The van der Waals surface area contributed by atoms with Gasteiger partial charge in [0, 0.05) is 18.8 Å². The molecule has 1 aromatic rings. The monoisotopic (exact) mass is 230 g/mol. The summed E-state index contributed by atoms with van der Waals surface area (Å²) in [6.45, 7) is -0.264. The van der Waals surface area contributed by atoms with Crippen LogP contribution in [0.1, 0.15) is 0 Å². The van der Waals surface area contributed by atoms with Gasteiger partial charge in [0.1, 0.15) is 0 Å². The zero-order valence-electron chi connectivity index (χ0n) is 8.24. The number of carbonyl (C=O) groups excluding carboxylic acids is 1. The lowest BCUT2D eigenvalue weighted by atomic mass is 10.3. The zero-order chi connectivity index (χ0) is 11.8. The van der Waals surface area contributed by atoms with Crippen LogP contribution in [0.2, 0.25) is 0 Å². The van der Waals surface area contributed by atoms with E-state index in [0.29, 0.717) is 5.69 Å². The summed E-state index contributed by atoms with van der Waals surface area (Å²) in [5.41, 5.74) is 0.485. The van der Waals surface area contributed by atoms with Crippen LogP contribution in [-0.4, -0.2) is 30.3 Å². The number of halogens is 3. The van der Waals surface area contributed by atoms with Crippen molar-refractivity contribution in [3.8, 4) is 0 Å². The Hall–Kier alpha value is -1.72. The molecular formula is C10H9F3N2O. The van der Waals surface area contributed by atoms with Crippen molar-refractivity contribution in [2.75, 3.05) is 18.0 Å². The van der Waals surface area contributed by atoms with Crippen LogP contribution in [0.15, 0.2) is 30.3 Å². The van der Waals surface area contributed by atoms with E-state index in [1.165, 1.54) is 0 Å². The molecule has 3 nitrogen and oxygen atoms in total. The van der Waals surface area contributed by atoms with E-state index in [0.717, 1.165) is 4.90 Å². The normalized spacial score (nSPS) is 17.1. The fraction of sp³-hybridized carbons (Fsp3) is 0.300. The number of alkyl halides is 3. The van der Waals surface area contributed by atoms with Gasteiger partial charge < -0.3 is 0 Å². The van der Waals surface area contributed by atoms with Crippen LogP contribution in [0.25, 0.3) is 0 Å². The fourth-order valence-corrected chi connectivity index (χ4v) is 1.62. The number of para-hydroxylation sites is 1. The maximum Gasteiger partial charge on any atom is 0.488 e. The average Bonchev–Trinajstić information content (AvgIpc) is 2.61. The molecule has 1 saturated heterocycles. The van der Waals surface area contributed by atoms with E-state index in [1.54, 1.807) is 30.3 Å². The van der Waals surface area contributed by atoms with E-state index >= 15 is 0 Å². The van der Waals surface area contributed by atoms with E-state index in [1.807, 2.05) is 0 Å². The molecule has 0 N–H and O–H groups in total. The largest absolute Gasteiger partial charge is 0.488 e. The molecule has 1 heterocycles. The Balaban J connectivity index is 2.20. The smallest absolute Gasteiger partial charge is 0.292 e. The fourth-order valence-electron chi connectivity index (χ4n) is 1.62. The third-order valence-electron chi connectivity index (χ3n) is 2.38. The topological polar surface area (TPSA) is 23.6 Å². The first-order chi connectivity index (χ1) is 7.50. The molecule has 86 valence electrons. The molecule has 1 aliphatic heterocycles. The highest BCUT2D eigenvalue weighted by Gasteiger charge is 2.46. The van der Waals surface area contributed by atoms with Crippen molar-refractivity contribution in [3.63, 3.8) is 0 Å². The van der Waals surface area contributed by atoms with E-state index in [4.69, 9.17) is 0 Å². The van der Waals surface area contributed by atoms with Gasteiger partial charge in [0.05, 0.1) is 0 Å². The van der Waals surface area contributed by atoms with Gasteiger partial charge in [-0.25, -0.2) is 9.69 Å². The minimum absolute atomic E-state index is 0.0579. The van der Waals surface area contributed by atoms with Crippen LogP contribution >= 0.6 is 0 Å². The summed E-state index contributed by atoms with van der Waals surface area (Å²) in [6.07, 6.45) is -4.60. The Morgan fingerprint density at radius 3 is 2.19 bits per heavy atom. The van der Waals surface area contributed by atoms with Crippen molar-refractivity contribution >= 4 is 11.7 Å². The van der Waals surface area contributed by atoms with E-state index in [9.17, 15) is 18.0 Å². The van der Waals surface area contributed by atoms with Crippen LogP contribution in [0.5, 0.6) is 0 Å². The van der Waals surface area contributed by atoms with Gasteiger partial charge in [-0.1, -0.05) is 18.2 Å². The highest BCUT2D eigenvalue weighted by atomic mass is 19.4. The number of benzene rings is 1. The van der Waals surface area contributed by atoms with Gasteiger partial charge in [-0.2, -0.15) is 0 Å². The summed E-state index contributed by atoms with van der Waals surface area (Å²) < 4.78 is 37.1. The van der Waals surface area contributed by atoms with Gasteiger partial charge in [-0.3, -0.25) is 4.90 Å². The Morgan fingerprint density at radius 2 is 1.69 bits per heavy atom. The molecule has 2 rings (SSSR count). The number of nitrogens with zero attached hydrogens (tertiary/aromatic N) is 2. The first-order valence-electron chi connectivity index (χ1n) is 4.71. The summed E-state index contributed by atoms with van der Waals surface area (Å²) in [4.78, 5) is 12.5. The predicted molar refractivity (Wildman–Crippen MR) is 51.9 cm³/mol. The molecule has 0 saturated carbocycles. The number of urea groups is 1. The standard InChI is InChI=1S/C10H9F3N2O/c11-10(12,13)15-7-6-14(9(15)16)8-4-2-1-3-5-8/h1-5H,6-7H2. The van der Waals surface area contributed by atoms with Gasteiger partial charge in [-0.15, -0.1) is 13.2 Å². The lowest BCUT2D eigenvalue weighted by Gasteiger charge is -2.20. The zero-order valence-corrected chi connectivity index (χ0v) is 8.24. The van der Waals surface area contributed by atoms with Crippen molar-refractivity contribution in [1.29, 1.82) is 0 Å². The molecule has 1 fully saturated rings. The van der Waals surface area contributed by atoms with Crippen molar-refractivity contribution in [2.45, 2.75) is 6.30 Å². The molecule has 0 bridgehead atoms. The molecule has 0 aromatic heterocycles. The highest BCUT2D eigenvalue weighted by Crippen LogP contribution is 2.28. The lowest BCUT2D eigenvalue weighted by Crippen LogP contribution is -2.41. The number of anilines is 1. The third-order valence-corrected chi connectivity index (χ3v) is 2.38. The lowest BCUT2D eigenvalue weighted by molar-refractivity contribution is -0.218. The quantitative estimate of drug-likeness (QED) is 0.680.